The Kier molecular flexibility index (Phi) is 36.2. The Morgan fingerprint density at radius 2 is 0.435 bits per heavy atom. The quantitative estimate of drug-likeness (QED) is 0.0249. The van der Waals surface area contributed by atoms with E-state index in [1.165, 1.54) is 219 Å². The highest BCUT2D eigenvalue weighted by atomic mass is 79.9. The second-order valence-corrected chi connectivity index (χ2v) is 21.4. The molecule has 0 N–H and O–H groups in total. The number of hydrogen-bond acceptors (Lipinski definition) is 0. The van der Waals surface area contributed by atoms with Gasteiger partial charge in [-0.1, -0.05) is 216 Å². The molecule has 0 radical (unpaired) electrons. The Morgan fingerprint density at radius 1 is 0.258 bits per heavy atom. The van der Waals surface area contributed by atoms with Crippen LogP contribution in [-0.4, -0.2) is 30.7 Å². The van der Waals surface area contributed by atoms with Crippen molar-refractivity contribution < 1.29 is 38.4 Å². The summed E-state index contributed by atoms with van der Waals surface area (Å²) in [5, 5.41) is 5.55. The number of unbranched alkanes of at least 4 members (excludes halogenated alkanes) is 22. The maximum atomic E-state index is 2.35. The summed E-state index contributed by atoms with van der Waals surface area (Å²) < 4.78 is 1.47. The zero-order chi connectivity index (χ0) is 42.7. The van der Waals surface area contributed by atoms with Gasteiger partial charge in [-0.25, -0.2) is 0 Å². The zero-order valence-electron chi connectivity index (χ0n) is 40.4. The number of nitrogens with zero attached hydrogens (tertiary/aromatic N) is 1. The van der Waals surface area contributed by atoms with Gasteiger partial charge in [-0.15, -0.1) is 0 Å². The molecule has 4 rings (SSSR count). The minimum absolute atomic E-state index is 0. The predicted octanol–water partition coefficient (Wildman–Crippen LogP) is 10.3. The van der Waals surface area contributed by atoms with Gasteiger partial charge in [0, 0.05) is 0 Å². The second kappa shape index (κ2) is 38.5. The molecule has 0 unspecified atom stereocenters. The van der Waals surface area contributed by atoms with Crippen molar-refractivity contribution in [1.82, 2.24) is 0 Å². The summed E-state index contributed by atoms with van der Waals surface area (Å²) in [6, 6.07) is 43.8. The third kappa shape index (κ3) is 22.4. The van der Waals surface area contributed by atoms with Crippen molar-refractivity contribution in [2.45, 2.75) is 195 Å². The predicted molar refractivity (Wildman–Crippen MR) is 274 cm³/mol. The summed E-state index contributed by atoms with van der Waals surface area (Å²) in [7, 11) is -1.91. The van der Waals surface area contributed by atoms with Crippen LogP contribution in [0.25, 0.3) is 0 Å². The molecule has 0 aliphatic heterocycles. The van der Waals surface area contributed by atoms with E-state index in [1.807, 2.05) is 0 Å². The van der Waals surface area contributed by atoms with Crippen molar-refractivity contribution in [3.63, 3.8) is 0 Å². The molecule has 0 fully saturated rings. The number of hydrogen-bond donors (Lipinski definition) is 0. The molecule has 0 aliphatic carbocycles. The van der Waals surface area contributed by atoms with Crippen molar-refractivity contribution in [2.24, 2.45) is 0 Å². The first kappa shape index (κ1) is 58.2. The molecule has 0 amide bonds. The van der Waals surface area contributed by atoms with Crippen LogP contribution in [0.2, 0.25) is 0 Å². The Labute approximate surface area is 406 Å². The molecule has 4 aromatic rings. The fourth-order valence-corrected chi connectivity index (χ4v) is 13.7. The lowest BCUT2D eigenvalue weighted by atomic mass is 10.0. The Balaban J connectivity index is 0.000000625. The first-order valence-electron chi connectivity index (χ1n) is 25.6. The van der Waals surface area contributed by atoms with Crippen molar-refractivity contribution in [3.8, 4) is 0 Å². The molecule has 348 valence electrons. The number of benzene rings is 4. The third-order valence-electron chi connectivity index (χ3n) is 13.0. The molecule has 62 heavy (non-hydrogen) atoms. The fourth-order valence-electron chi connectivity index (χ4n) is 9.44. The molecule has 0 saturated heterocycles. The summed E-state index contributed by atoms with van der Waals surface area (Å²) >= 11 is 0. The van der Waals surface area contributed by atoms with Gasteiger partial charge >= 0.3 is 0 Å². The second-order valence-electron chi connectivity index (χ2n) is 18.0. The van der Waals surface area contributed by atoms with E-state index >= 15 is 0 Å². The molecule has 1 nitrogen and oxygen atoms in total. The van der Waals surface area contributed by atoms with Crippen LogP contribution in [0.5, 0.6) is 0 Å². The summed E-state index contributed by atoms with van der Waals surface area (Å²) in [6.45, 7) is 15.3. The first-order chi connectivity index (χ1) is 29.7. The van der Waals surface area contributed by atoms with Crippen LogP contribution >= 0.6 is 7.26 Å². The largest absolute Gasteiger partial charge is 1.00 e. The van der Waals surface area contributed by atoms with Crippen molar-refractivity contribution in [3.05, 3.63) is 121 Å². The maximum Gasteiger partial charge on any atom is 0.144 e. The molecule has 0 aliphatic rings. The Bertz CT molecular complexity index is 1320. The summed E-state index contributed by atoms with van der Waals surface area (Å²) in [5.74, 6) is 0. The molecule has 4 aromatic carbocycles. The lowest BCUT2D eigenvalue weighted by molar-refractivity contribution is -0.929. The fraction of sp³-hybridized carbons (Fsp3) is 0.586. The van der Waals surface area contributed by atoms with E-state index in [0.29, 0.717) is 0 Å². The minimum atomic E-state index is -1.91. The summed E-state index contributed by atoms with van der Waals surface area (Å²) in [4.78, 5) is 0. The van der Waals surface area contributed by atoms with Crippen molar-refractivity contribution >= 4 is 28.5 Å². The number of quaternary nitrogens is 1. The maximum absolute atomic E-state index is 2.35. The minimum Gasteiger partial charge on any atom is -1.00 e. The molecule has 0 saturated carbocycles. The van der Waals surface area contributed by atoms with E-state index < -0.39 is 7.26 Å². The van der Waals surface area contributed by atoms with E-state index in [0.717, 1.165) is 0 Å². The highest BCUT2D eigenvalue weighted by molar-refractivity contribution is 8.01. The van der Waals surface area contributed by atoms with E-state index in [9.17, 15) is 0 Å². The third-order valence-corrected chi connectivity index (χ3v) is 17.3. The van der Waals surface area contributed by atoms with Crippen LogP contribution in [0.1, 0.15) is 195 Å². The summed E-state index contributed by atoms with van der Waals surface area (Å²) in [5.41, 5.74) is 0. The number of rotatable bonds is 34. The average Bonchev–Trinajstić information content (AvgIpc) is 3.30. The van der Waals surface area contributed by atoms with E-state index in [-0.39, 0.29) is 34.0 Å². The van der Waals surface area contributed by atoms with Gasteiger partial charge in [0.05, 0.1) is 26.2 Å². The van der Waals surface area contributed by atoms with E-state index in [4.69, 9.17) is 0 Å². The van der Waals surface area contributed by atoms with E-state index in [2.05, 4.69) is 149 Å². The highest BCUT2D eigenvalue weighted by Gasteiger charge is 2.47. The average molecular weight is 994 g/mol. The summed E-state index contributed by atoms with van der Waals surface area (Å²) in [6.07, 6.45) is 37.8. The lowest BCUT2D eigenvalue weighted by Crippen LogP contribution is -3.00. The number of halogens is 2. The van der Waals surface area contributed by atoms with Crippen LogP contribution in [0.4, 0.5) is 0 Å². The van der Waals surface area contributed by atoms with Crippen LogP contribution < -0.4 is 55.2 Å². The molecule has 0 atom stereocenters. The van der Waals surface area contributed by atoms with Gasteiger partial charge in [0.2, 0.25) is 0 Å². The van der Waals surface area contributed by atoms with Gasteiger partial charge in [-0.05, 0) is 99.9 Å². The highest BCUT2D eigenvalue weighted by Crippen LogP contribution is 2.54. The Morgan fingerprint density at radius 3 is 0.645 bits per heavy atom. The molecule has 0 bridgehead atoms. The van der Waals surface area contributed by atoms with Gasteiger partial charge in [0.1, 0.15) is 28.5 Å². The molecule has 0 heterocycles. The SMILES string of the molecule is CCCCCCCCCCCCCCCC[N+](CCCCCC)(CCCCCC)CCCCCC.[Br-].[Br-].c1ccc([P+](c2ccccc2)(c2ccccc2)c2ccccc2)cc1. The smallest absolute Gasteiger partial charge is 0.144 e. The molecule has 0 aromatic heterocycles. The first-order valence-corrected chi connectivity index (χ1v) is 27.4. The van der Waals surface area contributed by atoms with Gasteiger partial charge in [-0.3, -0.25) is 0 Å². The monoisotopic (exact) mass is 992 g/mol. The van der Waals surface area contributed by atoms with Crippen molar-refractivity contribution in [2.75, 3.05) is 26.2 Å². The molecule has 4 heteroatoms. The molecular formula is C58H92Br2NP. The Hall–Kier alpha value is -1.77. The lowest BCUT2D eigenvalue weighted by Gasteiger charge is -2.39. The normalized spacial score (nSPS) is 11.3. The topological polar surface area (TPSA) is 0 Å². The van der Waals surface area contributed by atoms with Gasteiger partial charge in [0.25, 0.3) is 0 Å². The van der Waals surface area contributed by atoms with Crippen LogP contribution in [-0.2, 0) is 0 Å². The molecule has 0 spiro atoms. The van der Waals surface area contributed by atoms with E-state index in [1.54, 1.807) is 0 Å². The van der Waals surface area contributed by atoms with Crippen LogP contribution in [0, 0.1) is 0 Å². The standard InChI is InChI=1S/C34H72N.C24H20P.2BrH/c1-5-9-13-17-18-19-20-21-22-23-24-25-26-30-34-35(31-27-14-10-6-2,32-28-15-11-7-3)33-29-16-12-8-4;1-5-13-21(14-6-1)25(22-15-7-2-8-16-22,23-17-9-3-10-18-23)24-19-11-4-12-20-24;;/h5-34H2,1-4H3;1-20H;2*1H/q2*+1;;/p-2. The van der Waals surface area contributed by atoms with Crippen molar-refractivity contribution in [1.29, 1.82) is 0 Å². The molecular weight excluding hydrogens is 901 g/mol. The zero-order valence-corrected chi connectivity index (χ0v) is 44.5. The van der Waals surface area contributed by atoms with Crippen LogP contribution in [0.3, 0.4) is 0 Å². The van der Waals surface area contributed by atoms with Gasteiger partial charge in [0.15, 0.2) is 0 Å². The van der Waals surface area contributed by atoms with Gasteiger partial charge < -0.3 is 38.4 Å². The van der Waals surface area contributed by atoms with Crippen LogP contribution in [0.15, 0.2) is 121 Å². The van der Waals surface area contributed by atoms with Gasteiger partial charge in [-0.2, -0.15) is 0 Å².